The Kier molecular flexibility index (Phi) is 7.95. The van der Waals surface area contributed by atoms with Crippen LogP contribution in [0.1, 0.15) is 28.9 Å². The van der Waals surface area contributed by atoms with E-state index in [2.05, 4.69) is 20.2 Å². The molecular weight excluding hydrogens is 556 g/mol. The number of nitrogen functional groups attached to an aromatic ring is 1. The first-order chi connectivity index (χ1) is 21.3. The number of pyridine rings is 1. The molecule has 0 bridgehead atoms. The molecule has 3 N–H and O–H groups in total. The minimum absolute atomic E-state index is 0.0843. The van der Waals surface area contributed by atoms with Gasteiger partial charge in [-0.15, -0.1) is 0 Å². The molecule has 1 fully saturated rings. The number of piperidine rings is 1. The maximum absolute atomic E-state index is 13.2. The zero-order chi connectivity index (χ0) is 30.8. The maximum atomic E-state index is 13.2. The number of aromatic nitrogens is 5. The van der Waals surface area contributed by atoms with E-state index in [1.165, 1.54) is 4.68 Å². The van der Waals surface area contributed by atoms with Crippen molar-refractivity contribution in [3.05, 3.63) is 101 Å². The first-order valence-electron chi connectivity index (χ1n) is 14.5. The van der Waals surface area contributed by atoms with Crippen molar-refractivity contribution in [2.75, 3.05) is 36.1 Å². The Morgan fingerprint density at radius 2 is 1.70 bits per heavy atom. The van der Waals surface area contributed by atoms with Gasteiger partial charge >= 0.3 is 0 Å². The van der Waals surface area contributed by atoms with Crippen LogP contribution in [0.4, 0.5) is 17.2 Å². The fourth-order valence-corrected chi connectivity index (χ4v) is 5.57. The van der Waals surface area contributed by atoms with Gasteiger partial charge in [-0.05, 0) is 56.2 Å². The number of ether oxygens (including phenoxy) is 1. The van der Waals surface area contributed by atoms with Crippen LogP contribution in [0, 0.1) is 6.92 Å². The van der Waals surface area contributed by atoms with Gasteiger partial charge in [0.2, 0.25) is 0 Å². The summed E-state index contributed by atoms with van der Waals surface area (Å²) in [6, 6.07) is 20.4. The van der Waals surface area contributed by atoms with Crippen molar-refractivity contribution < 1.29 is 9.53 Å². The summed E-state index contributed by atoms with van der Waals surface area (Å²) < 4.78 is 8.67. The summed E-state index contributed by atoms with van der Waals surface area (Å²) in [6.45, 7) is 3.58. The number of methoxy groups -OCH3 is 1. The number of carbonyl (C=O) groups excluding carboxylic acids is 1. The van der Waals surface area contributed by atoms with E-state index < -0.39 is 5.91 Å². The highest BCUT2D eigenvalue weighted by Gasteiger charge is 2.23. The van der Waals surface area contributed by atoms with Crippen LogP contribution < -0.4 is 21.5 Å². The van der Waals surface area contributed by atoms with Crippen LogP contribution in [0.2, 0.25) is 0 Å². The second-order valence-electron chi connectivity index (χ2n) is 10.8. The monoisotopic (exact) mass is 590 g/mol. The molecule has 0 spiro atoms. The smallest absolute Gasteiger partial charge is 0.284 e. The van der Waals surface area contributed by atoms with Gasteiger partial charge in [-0.3, -0.25) is 19.3 Å². The molecule has 0 atom stereocenters. The lowest BCUT2D eigenvalue weighted by atomic mass is 10.1. The minimum atomic E-state index is -0.482. The van der Waals surface area contributed by atoms with Crippen LogP contribution in [0.15, 0.2) is 83.9 Å². The molecule has 11 nitrogen and oxygen atoms in total. The Bertz CT molecular complexity index is 1860. The van der Waals surface area contributed by atoms with E-state index in [0.717, 1.165) is 37.2 Å². The predicted octanol–water partition coefficient (Wildman–Crippen LogP) is 4.45. The summed E-state index contributed by atoms with van der Waals surface area (Å²) in [5, 5.41) is 2.85. The molecule has 1 aliphatic rings. The fraction of sp³-hybridized carbons (Fsp3) is 0.242. The summed E-state index contributed by atoms with van der Waals surface area (Å²) in [4.78, 5) is 42.6. The second kappa shape index (κ2) is 12.1. The predicted molar refractivity (Wildman–Crippen MR) is 171 cm³/mol. The zero-order valence-electron chi connectivity index (χ0n) is 24.9. The van der Waals surface area contributed by atoms with Crippen LogP contribution >= 0.6 is 0 Å². The molecule has 11 heteroatoms. The van der Waals surface area contributed by atoms with Crippen molar-refractivity contribution in [1.29, 1.82) is 0 Å². The van der Waals surface area contributed by atoms with E-state index in [0.29, 0.717) is 40.3 Å². The van der Waals surface area contributed by atoms with Crippen molar-refractivity contribution in [2.45, 2.75) is 25.9 Å². The van der Waals surface area contributed by atoms with Gasteiger partial charge in [-0.1, -0.05) is 30.3 Å². The van der Waals surface area contributed by atoms with Gasteiger partial charge < -0.3 is 20.7 Å². The van der Waals surface area contributed by atoms with Gasteiger partial charge in [0.05, 0.1) is 29.4 Å². The van der Waals surface area contributed by atoms with Crippen molar-refractivity contribution in [3.8, 4) is 28.3 Å². The Balaban J connectivity index is 1.21. The lowest BCUT2D eigenvalue weighted by molar-refractivity contribution is 0.0819. The summed E-state index contributed by atoms with van der Waals surface area (Å²) in [5.74, 6) is -0.200. The van der Waals surface area contributed by atoms with Crippen LogP contribution in [0.5, 0.6) is 0 Å². The highest BCUT2D eigenvalue weighted by molar-refractivity contribution is 6.05. The molecule has 5 aromatic rings. The van der Waals surface area contributed by atoms with Crippen LogP contribution in [0.3, 0.4) is 0 Å². The largest absolute Gasteiger partial charge is 0.382 e. The third kappa shape index (κ3) is 5.57. The van der Waals surface area contributed by atoms with E-state index in [1.807, 2.05) is 54.6 Å². The van der Waals surface area contributed by atoms with E-state index >= 15 is 0 Å². The Hall–Kier alpha value is -5.29. The van der Waals surface area contributed by atoms with Gasteiger partial charge in [-0.25, -0.2) is 14.6 Å². The van der Waals surface area contributed by atoms with Gasteiger partial charge in [0.25, 0.3) is 11.5 Å². The van der Waals surface area contributed by atoms with E-state index in [9.17, 15) is 9.59 Å². The molecule has 6 rings (SSSR count). The number of anilines is 3. The van der Waals surface area contributed by atoms with Gasteiger partial charge in [0.15, 0.2) is 0 Å². The number of nitrogens with zero attached hydrogens (tertiary/aromatic N) is 6. The molecule has 1 saturated heterocycles. The number of nitrogens with two attached hydrogens (primary N) is 1. The standard InChI is InChI=1S/C33H34N8O3/c1-21-29(33(43)41(39(21)2)24-7-5-4-6-8-24)32(42)37-23-11-9-22(10-12-23)30-31(34)36-20-28(38-30)27-19-25(13-16-35-27)40-17-14-26(44-3)15-18-40/h4-13,16,19-20,26H,14-15,17-18H2,1-3H3,(H2,34,36)(H,37,42). The van der Waals surface area contributed by atoms with E-state index in [4.69, 9.17) is 15.5 Å². The minimum Gasteiger partial charge on any atom is -0.382 e. The van der Waals surface area contributed by atoms with Gasteiger partial charge in [-0.2, -0.15) is 0 Å². The third-order valence-corrected chi connectivity index (χ3v) is 8.14. The molecule has 0 saturated carbocycles. The topological polar surface area (TPSA) is 133 Å². The van der Waals surface area contributed by atoms with E-state index in [-0.39, 0.29) is 16.9 Å². The van der Waals surface area contributed by atoms with E-state index in [1.54, 1.807) is 50.3 Å². The first kappa shape index (κ1) is 28.8. The third-order valence-electron chi connectivity index (χ3n) is 8.14. The number of para-hydroxylation sites is 1. The van der Waals surface area contributed by atoms with Crippen molar-refractivity contribution >= 4 is 23.1 Å². The Labute approximate surface area is 255 Å². The molecule has 0 unspecified atom stereocenters. The zero-order valence-corrected chi connectivity index (χ0v) is 24.9. The number of hydrogen-bond acceptors (Lipinski definition) is 8. The summed E-state index contributed by atoms with van der Waals surface area (Å²) in [5.41, 5.74) is 11.3. The highest BCUT2D eigenvalue weighted by Crippen LogP contribution is 2.29. The molecule has 0 radical (unpaired) electrons. The van der Waals surface area contributed by atoms with Crippen LogP contribution in [-0.4, -0.2) is 56.5 Å². The number of benzene rings is 2. The highest BCUT2D eigenvalue weighted by atomic mass is 16.5. The van der Waals surface area contributed by atoms with Crippen molar-refractivity contribution in [2.24, 2.45) is 7.05 Å². The molecule has 1 aliphatic heterocycles. The van der Waals surface area contributed by atoms with Crippen LogP contribution in [0.25, 0.3) is 28.3 Å². The molecule has 224 valence electrons. The van der Waals surface area contributed by atoms with Crippen molar-refractivity contribution in [3.63, 3.8) is 0 Å². The lowest BCUT2D eigenvalue weighted by Crippen LogP contribution is -2.36. The number of carbonyl (C=O) groups is 1. The number of nitrogens with one attached hydrogen (secondary N) is 1. The van der Waals surface area contributed by atoms with Gasteiger partial charge in [0, 0.05) is 50.4 Å². The van der Waals surface area contributed by atoms with Crippen molar-refractivity contribution in [1.82, 2.24) is 24.3 Å². The maximum Gasteiger partial charge on any atom is 0.284 e. The summed E-state index contributed by atoms with van der Waals surface area (Å²) in [7, 11) is 3.52. The lowest BCUT2D eigenvalue weighted by Gasteiger charge is -2.33. The second-order valence-corrected chi connectivity index (χ2v) is 10.8. The average Bonchev–Trinajstić information content (AvgIpc) is 3.29. The van der Waals surface area contributed by atoms with Gasteiger partial charge in [0.1, 0.15) is 22.8 Å². The Morgan fingerprint density at radius 1 is 0.977 bits per heavy atom. The first-order valence-corrected chi connectivity index (χ1v) is 14.5. The summed E-state index contributed by atoms with van der Waals surface area (Å²) in [6.07, 6.45) is 5.67. The molecule has 3 aromatic heterocycles. The molecule has 1 amide bonds. The molecule has 2 aromatic carbocycles. The van der Waals surface area contributed by atoms with Crippen LogP contribution in [-0.2, 0) is 11.8 Å². The molecule has 4 heterocycles. The molecule has 44 heavy (non-hydrogen) atoms. The number of rotatable bonds is 7. The quantitative estimate of drug-likeness (QED) is 0.284. The molecule has 0 aliphatic carbocycles. The SMILES string of the molecule is COC1CCN(c2ccnc(-c3cnc(N)c(-c4ccc(NC(=O)c5c(C)n(C)n(-c6ccccc6)c5=O)cc4)n3)c2)CC1. The number of amides is 1. The molecular formula is C33H34N8O3. The average molecular weight is 591 g/mol. The fourth-order valence-electron chi connectivity index (χ4n) is 5.57. The normalized spacial score (nSPS) is 13.7. The number of hydrogen-bond donors (Lipinski definition) is 2. The summed E-state index contributed by atoms with van der Waals surface area (Å²) >= 11 is 0. The Morgan fingerprint density at radius 3 is 2.41 bits per heavy atom.